The van der Waals surface area contributed by atoms with Gasteiger partial charge in [-0.05, 0) is 25.3 Å². The highest BCUT2D eigenvalue weighted by molar-refractivity contribution is 6.02. The number of hydrogen-bond acceptors (Lipinski definition) is 4. The number of nitrogens with zero attached hydrogens (tertiary/aromatic N) is 3. The molecule has 2 aromatic heterocycles. The van der Waals surface area contributed by atoms with Crippen LogP contribution in [0.1, 0.15) is 47.1 Å². The van der Waals surface area contributed by atoms with Crippen molar-refractivity contribution in [2.24, 2.45) is 7.05 Å². The number of nitrogens with one attached hydrogen (secondary N) is 2. The van der Waals surface area contributed by atoms with Crippen molar-refractivity contribution in [3.8, 4) is 0 Å². The quantitative estimate of drug-likeness (QED) is 0.787. The van der Waals surface area contributed by atoms with Crippen molar-refractivity contribution in [1.29, 1.82) is 0 Å². The Labute approximate surface area is 145 Å². The number of amides is 1. The van der Waals surface area contributed by atoms with E-state index in [-0.39, 0.29) is 23.1 Å². The number of hydrogen-bond donors (Lipinski definition) is 2. The standard InChI is InChI=1S/C15H17F4N5O2/c1-24-12(5-10(23-24)7-26-15(17,18)19)14(25)20-13-6-11(21-22-13)8-2-3-9(16)4-8/h5-6,8-9H,2-4,7H2,1H3,(H2,20,21,22,25)/t8-,9-/m0/s1. The Hall–Kier alpha value is -2.43. The first-order valence-electron chi connectivity index (χ1n) is 7.95. The molecule has 1 amide bonds. The average molecular weight is 375 g/mol. The summed E-state index contributed by atoms with van der Waals surface area (Å²) < 4.78 is 54.4. The molecule has 26 heavy (non-hydrogen) atoms. The molecule has 2 N–H and O–H groups in total. The van der Waals surface area contributed by atoms with E-state index in [9.17, 15) is 22.4 Å². The minimum absolute atomic E-state index is 0.0300. The summed E-state index contributed by atoms with van der Waals surface area (Å²) in [6, 6.07) is 2.84. The zero-order valence-electron chi connectivity index (χ0n) is 13.8. The second-order valence-electron chi connectivity index (χ2n) is 6.15. The van der Waals surface area contributed by atoms with Crippen LogP contribution in [0.2, 0.25) is 0 Å². The predicted octanol–water partition coefficient (Wildman–Crippen LogP) is 3.04. The van der Waals surface area contributed by atoms with E-state index in [1.807, 2.05) is 0 Å². The number of alkyl halides is 4. The molecule has 1 aliphatic rings. The van der Waals surface area contributed by atoms with E-state index in [0.29, 0.717) is 19.3 Å². The van der Waals surface area contributed by atoms with Crippen LogP contribution < -0.4 is 5.32 Å². The molecule has 1 aliphatic carbocycles. The van der Waals surface area contributed by atoms with Crippen molar-refractivity contribution in [1.82, 2.24) is 20.0 Å². The first-order valence-corrected chi connectivity index (χ1v) is 7.95. The maximum Gasteiger partial charge on any atom is 0.522 e. The lowest BCUT2D eigenvalue weighted by Gasteiger charge is -2.04. The van der Waals surface area contributed by atoms with E-state index >= 15 is 0 Å². The molecule has 0 unspecified atom stereocenters. The summed E-state index contributed by atoms with van der Waals surface area (Å²) in [5.41, 5.74) is 0.766. The Balaban J connectivity index is 1.63. The number of aromatic nitrogens is 4. The molecule has 0 bridgehead atoms. The fourth-order valence-electron chi connectivity index (χ4n) is 2.96. The van der Waals surface area contributed by atoms with Crippen molar-refractivity contribution in [2.45, 2.75) is 44.3 Å². The molecule has 2 heterocycles. The average Bonchev–Trinajstić information content (AvgIpc) is 3.24. The number of halogens is 4. The fraction of sp³-hybridized carbons (Fsp3) is 0.533. The van der Waals surface area contributed by atoms with E-state index < -0.39 is 25.0 Å². The summed E-state index contributed by atoms with van der Waals surface area (Å²) in [4.78, 5) is 12.3. The highest BCUT2D eigenvalue weighted by Gasteiger charge is 2.30. The summed E-state index contributed by atoms with van der Waals surface area (Å²) >= 11 is 0. The number of ether oxygens (including phenoxy) is 1. The van der Waals surface area contributed by atoms with Gasteiger partial charge in [0, 0.05) is 24.7 Å². The number of rotatable bonds is 5. The van der Waals surface area contributed by atoms with Gasteiger partial charge in [0.05, 0.1) is 5.69 Å². The molecule has 11 heteroatoms. The van der Waals surface area contributed by atoms with E-state index in [2.05, 4.69) is 25.3 Å². The molecular formula is C15H17F4N5O2. The van der Waals surface area contributed by atoms with Gasteiger partial charge in [-0.2, -0.15) is 10.2 Å². The van der Waals surface area contributed by atoms with E-state index in [1.54, 1.807) is 6.07 Å². The van der Waals surface area contributed by atoms with Crippen LogP contribution in [0.5, 0.6) is 0 Å². The molecule has 1 fully saturated rings. The molecule has 0 saturated heterocycles. The van der Waals surface area contributed by atoms with Gasteiger partial charge in [-0.3, -0.25) is 19.3 Å². The Morgan fingerprint density at radius 3 is 2.85 bits per heavy atom. The van der Waals surface area contributed by atoms with Crippen LogP contribution in [0.25, 0.3) is 0 Å². The summed E-state index contributed by atoms with van der Waals surface area (Å²) in [6.07, 6.45) is -3.97. The number of carbonyl (C=O) groups excluding carboxylic acids is 1. The third-order valence-corrected chi connectivity index (χ3v) is 4.19. The molecule has 0 radical (unpaired) electrons. The summed E-state index contributed by atoms with van der Waals surface area (Å²) in [6.45, 7) is -0.788. The smallest absolute Gasteiger partial charge is 0.304 e. The van der Waals surface area contributed by atoms with Crippen LogP contribution >= 0.6 is 0 Å². The Bertz CT molecular complexity index is 785. The van der Waals surface area contributed by atoms with Gasteiger partial charge in [-0.15, -0.1) is 13.2 Å². The molecule has 2 atom stereocenters. The van der Waals surface area contributed by atoms with Gasteiger partial charge < -0.3 is 5.32 Å². The van der Waals surface area contributed by atoms with Crippen LogP contribution in [-0.4, -0.2) is 38.4 Å². The van der Waals surface area contributed by atoms with Gasteiger partial charge in [-0.25, -0.2) is 4.39 Å². The molecule has 0 spiro atoms. The molecule has 142 valence electrons. The Morgan fingerprint density at radius 1 is 1.42 bits per heavy atom. The van der Waals surface area contributed by atoms with Crippen LogP contribution in [0, 0.1) is 0 Å². The molecule has 0 aromatic carbocycles. The topological polar surface area (TPSA) is 84.8 Å². The number of carbonyl (C=O) groups is 1. The first-order chi connectivity index (χ1) is 12.2. The zero-order chi connectivity index (χ0) is 18.9. The third kappa shape index (κ3) is 4.40. The number of H-pyrrole nitrogens is 1. The zero-order valence-corrected chi connectivity index (χ0v) is 13.8. The molecule has 0 aliphatic heterocycles. The van der Waals surface area contributed by atoms with Crippen LogP contribution in [-0.2, 0) is 18.4 Å². The Kier molecular flexibility index (Phi) is 4.99. The van der Waals surface area contributed by atoms with Crippen molar-refractivity contribution in [3.63, 3.8) is 0 Å². The van der Waals surface area contributed by atoms with Gasteiger partial charge >= 0.3 is 6.36 Å². The minimum Gasteiger partial charge on any atom is -0.304 e. The van der Waals surface area contributed by atoms with Gasteiger partial charge in [-0.1, -0.05) is 0 Å². The summed E-state index contributed by atoms with van der Waals surface area (Å²) in [7, 11) is 1.43. The third-order valence-electron chi connectivity index (χ3n) is 4.19. The second kappa shape index (κ2) is 7.06. The first kappa shape index (κ1) is 18.4. The van der Waals surface area contributed by atoms with Crippen LogP contribution in [0.3, 0.4) is 0 Å². The van der Waals surface area contributed by atoms with Crippen molar-refractivity contribution >= 4 is 11.7 Å². The predicted molar refractivity (Wildman–Crippen MR) is 82.1 cm³/mol. The van der Waals surface area contributed by atoms with Crippen LogP contribution in [0.15, 0.2) is 12.1 Å². The SMILES string of the molecule is Cn1nc(COC(F)(F)F)cc1C(=O)Nc1cc([C@H]2CC[C@H](F)C2)[nH]n1. The van der Waals surface area contributed by atoms with Crippen molar-refractivity contribution in [2.75, 3.05) is 5.32 Å². The van der Waals surface area contributed by atoms with Gasteiger partial charge in [0.25, 0.3) is 5.91 Å². The van der Waals surface area contributed by atoms with Gasteiger partial charge in [0.1, 0.15) is 18.5 Å². The molecule has 1 saturated carbocycles. The molecule has 3 rings (SSSR count). The van der Waals surface area contributed by atoms with Gasteiger partial charge in [0.2, 0.25) is 0 Å². The number of aryl methyl sites for hydroxylation is 1. The highest BCUT2D eigenvalue weighted by atomic mass is 19.4. The monoisotopic (exact) mass is 375 g/mol. The lowest BCUT2D eigenvalue weighted by molar-refractivity contribution is -0.330. The summed E-state index contributed by atoms with van der Waals surface area (Å²) in [5.74, 6) is -0.293. The van der Waals surface area contributed by atoms with Crippen molar-refractivity contribution in [3.05, 3.63) is 29.2 Å². The minimum atomic E-state index is -4.77. The van der Waals surface area contributed by atoms with E-state index in [0.717, 1.165) is 10.4 Å². The van der Waals surface area contributed by atoms with Crippen LogP contribution in [0.4, 0.5) is 23.4 Å². The lowest BCUT2D eigenvalue weighted by Crippen LogP contribution is -2.16. The number of aromatic amines is 1. The normalized spacial score (nSPS) is 20.5. The highest BCUT2D eigenvalue weighted by Crippen LogP contribution is 2.35. The maximum absolute atomic E-state index is 13.3. The fourth-order valence-corrected chi connectivity index (χ4v) is 2.96. The molecule has 7 nitrogen and oxygen atoms in total. The Morgan fingerprint density at radius 2 is 2.19 bits per heavy atom. The number of anilines is 1. The van der Waals surface area contributed by atoms with Crippen molar-refractivity contribution < 1.29 is 27.1 Å². The molecule has 2 aromatic rings. The van der Waals surface area contributed by atoms with Gasteiger partial charge in [0.15, 0.2) is 5.82 Å². The molecular weight excluding hydrogens is 358 g/mol. The second-order valence-corrected chi connectivity index (χ2v) is 6.15. The summed E-state index contributed by atoms with van der Waals surface area (Å²) in [5, 5.41) is 13.1. The van der Waals surface area contributed by atoms with E-state index in [4.69, 9.17) is 0 Å². The maximum atomic E-state index is 13.3. The van der Waals surface area contributed by atoms with E-state index in [1.165, 1.54) is 13.1 Å². The largest absolute Gasteiger partial charge is 0.522 e. The lowest BCUT2D eigenvalue weighted by atomic mass is 10.0.